The van der Waals surface area contributed by atoms with E-state index in [-0.39, 0.29) is 16.4 Å². The van der Waals surface area contributed by atoms with Gasteiger partial charge in [-0.2, -0.15) is 10.4 Å². The van der Waals surface area contributed by atoms with E-state index in [2.05, 4.69) is 5.10 Å². The van der Waals surface area contributed by atoms with Gasteiger partial charge in [0.1, 0.15) is 11.1 Å². The zero-order valence-corrected chi connectivity index (χ0v) is 12.4. The lowest BCUT2D eigenvalue weighted by atomic mass is 10.1. The molecule has 7 heteroatoms. The van der Waals surface area contributed by atoms with Crippen molar-refractivity contribution in [2.45, 2.75) is 0 Å². The first-order chi connectivity index (χ1) is 11.1. The molecule has 0 radical (unpaired) electrons. The van der Waals surface area contributed by atoms with Crippen LogP contribution >= 0.6 is 11.6 Å². The predicted octanol–water partition coefficient (Wildman–Crippen LogP) is 3.97. The number of hydrogen-bond acceptors (Lipinski definition) is 4. The number of aromatic nitrogens is 2. The number of non-ortho nitro benzene ring substituents is 1. The van der Waals surface area contributed by atoms with E-state index >= 15 is 0 Å². The maximum atomic E-state index is 10.8. The molecule has 0 saturated heterocycles. The van der Waals surface area contributed by atoms with Gasteiger partial charge < -0.3 is 0 Å². The molecule has 2 aromatic carbocycles. The Labute approximate surface area is 136 Å². The summed E-state index contributed by atoms with van der Waals surface area (Å²) in [6.07, 6.45) is 0. The van der Waals surface area contributed by atoms with E-state index in [9.17, 15) is 10.1 Å². The molecule has 1 heterocycles. The molecule has 0 N–H and O–H groups in total. The zero-order valence-electron chi connectivity index (χ0n) is 11.7. The van der Waals surface area contributed by atoms with Crippen LogP contribution in [0.25, 0.3) is 16.9 Å². The highest BCUT2D eigenvalue weighted by molar-refractivity contribution is 6.34. The number of nitriles is 1. The Morgan fingerprint density at radius 3 is 2.35 bits per heavy atom. The molecule has 0 aliphatic heterocycles. The molecule has 23 heavy (non-hydrogen) atoms. The highest BCUT2D eigenvalue weighted by atomic mass is 35.5. The predicted molar refractivity (Wildman–Crippen MR) is 85.4 cm³/mol. The highest BCUT2D eigenvalue weighted by Gasteiger charge is 2.19. The lowest BCUT2D eigenvalue weighted by Gasteiger charge is -2.07. The lowest BCUT2D eigenvalue weighted by Crippen LogP contribution is -2.00. The summed E-state index contributed by atoms with van der Waals surface area (Å²) in [4.78, 5) is 10.3. The van der Waals surface area contributed by atoms with Crippen molar-refractivity contribution < 1.29 is 4.92 Å². The smallest absolute Gasteiger partial charge is 0.258 e. The number of nitrogens with zero attached hydrogens (tertiary/aromatic N) is 4. The lowest BCUT2D eigenvalue weighted by molar-refractivity contribution is -0.384. The molecule has 3 aromatic rings. The monoisotopic (exact) mass is 324 g/mol. The summed E-state index contributed by atoms with van der Waals surface area (Å²) in [6, 6.07) is 17.1. The van der Waals surface area contributed by atoms with Gasteiger partial charge in [0.15, 0.2) is 5.69 Å². The van der Waals surface area contributed by atoms with Crippen LogP contribution in [0, 0.1) is 21.4 Å². The van der Waals surface area contributed by atoms with Crippen LogP contribution in [0.2, 0.25) is 5.02 Å². The summed E-state index contributed by atoms with van der Waals surface area (Å²) in [7, 11) is 0. The van der Waals surface area contributed by atoms with Crippen molar-refractivity contribution in [1.29, 1.82) is 5.26 Å². The molecular formula is C16H9ClN4O2. The van der Waals surface area contributed by atoms with E-state index < -0.39 is 4.92 Å². The van der Waals surface area contributed by atoms with Gasteiger partial charge in [-0.05, 0) is 12.1 Å². The van der Waals surface area contributed by atoms with E-state index in [1.165, 1.54) is 16.8 Å². The van der Waals surface area contributed by atoms with Crippen molar-refractivity contribution in [1.82, 2.24) is 9.78 Å². The topological polar surface area (TPSA) is 84.8 Å². The van der Waals surface area contributed by atoms with Crippen LogP contribution in [0.4, 0.5) is 5.69 Å². The molecule has 1 aromatic heterocycles. The fourth-order valence-corrected chi connectivity index (χ4v) is 2.49. The van der Waals surface area contributed by atoms with Crippen LogP contribution in [0.1, 0.15) is 5.69 Å². The average Bonchev–Trinajstić information content (AvgIpc) is 2.92. The largest absolute Gasteiger partial charge is 0.269 e. The van der Waals surface area contributed by atoms with Crippen LogP contribution in [-0.4, -0.2) is 14.7 Å². The second-order valence-corrected chi connectivity index (χ2v) is 5.05. The number of nitro benzene ring substituents is 1. The van der Waals surface area contributed by atoms with Crippen molar-refractivity contribution in [3.05, 3.63) is 75.4 Å². The zero-order chi connectivity index (χ0) is 16.4. The van der Waals surface area contributed by atoms with Gasteiger partial charge in [-0.25, -0.2) is 4.68 Å². The Bertz CT molecular complexity index is 912. The highest BCUT2D eigenvalue weighted by Crippen LogP contribution is 2.33. The second kappa shape index (κ2) is 5.91. The van der Waals surface area contributed by atoms with Gasteiger partial charge in [-0.1, -0.05) is 41.9 Å². The third-order valence-corrected chi connectivity index (χ3v) is 3.64. The third-order valence-electron chi connectivity index (χ3n) is 3.29. The van der Waals surface area contributed by atoms with Gasteiger partial charge in [0, 0.05) is 17.7 Å². The first-order valence-electron chi connectivity index (χ1n) is 6.60. The maximum absolute atomic E-state index is 10.8. The minimum atomic E-state index is -0.474. The first-order valence-corrected chi connectivity index (χ1v) is 6.98. The minimum absolute atomic E-state index is 0.0197. The van der Waals surface area contributed by atoms with Crippen LogP contribution in [0.15, 0.2) is 54.6 Å². The third kappa shape index (κ3) is 2.65. The SMILES string of the molecule is N#Cc1nn(-c2ccc([N+](=O)[O-])cc2)c(-c2ccccc2)c1Cl. The van der Waals surface area contributed by atoms with Gasteiger partial charge in [-0.15, -0.1) is 0 Å². The summed E-state index contributed by atoms with van der Waals surface area (Å²) >= 11 is 6.28. The standard InChI is InChI=1S/C16H9ClN4O2/c17-15-14(10-18)19-20(16(15)11-4-2-1-3-5-11)12-6-8-13(9-7-12)21(22)23/h1-9H. The van der Waals surface area contributed by atoms with E-state index in [1.807, 2.05) is 36.4 Å². The Hall–Kier alpha value is -3.17. The fourth-order valence-electron chi connectivity index (χ4n) is 2.22. The van der Waals surface area contributed by atoms with Crippen molar-refractivity contribution >= 4 is 17.3 Å². The Morgan fingerprint density at radius 2 is 1.78 bits per heavy atom. The van der Waals surface area contributed by atoms with E-state index in [4.69, 9.17) is 16.9 Å². The van der Waals surface area contributed by atoms with Gasteiger partial charge in [-0.3, -0.25) is 10.1 Å². The van der Waals surface area contributed by atoms with Crippen molar-refractivity contribution in [2.75, 3.05) is 0 Å². The van der Waals surface area contributed by atoms with Crippen molar-refractivity contribution in [3.8, 4) is 23.0 Å². The van der Waals surface area contributed by atoms with E-state index in [0.717, 1.165) is 5.56 Å². The maximum Gasteiger partial charge on any atom is 0.269 e. The molecule has 0 saturated carbocycles. The van der Waals surface area contributed by atoms with Crippen LogP contribution < -0.4 is 0 Å². The Balaban J connectivity index is 2.20. The molecule has 0 fully saturated rings. The summed E-state index contributed by atoms with van der Waals surface area (Å²) in [5.41, 5.74) is 2.03. The van der Waals surface area contributed by atoms with Crippen LogP contribution in [0.5, 0.6) is 0 Å². The Morgan fingerprint density at radius 1 is 1.13 bits per heavy atom. The molecular weight excluding hydrogens is 316 g/mol. The minimum Gasteiger partial charge on any atom is -0.258 e. The first kappa shape index (κ1) is 14.8. The van der Waals surface area contributed by atoms with Gasteiger partial charge in [0.2, 0.25) is 0 Å². The summed E-state index contributed by atoms with van der Waals surface area (Å²) in [5, 5.41) is 24.4. The van der Waals surface area contributed by atoms with Gasteiger partial charge in [0.05, 0.1) is 16.3 Å². The molecule has 0 amide bonds. The number of benzene rings is 2. The normalized spacial score (nSPS) is 10.3. The number of nitro groups is 1. The number of hydrogen-bond donors (Lipinski definition) is 0. The van der Waals surface area contributed by atoms with Gasteiger partial charge >= 0.3 is 0 Å². The second-order valence-electron chi connectivity index (χ2n) is 4.67. The average molecular weight is 325 g/mol. The molecule has 6 nitrogen and oxygen atoms in total. The Kier molecular flexibility index (Phi) is 3.79. The van der Waals surface area contributed by atoms with E-state index in [0.29, 0.717) is 11.4 Å². The summed E-state index contributed by atoms with van der Waals surface area (Å²) < 4.78 is 1.51. The van der Waals surface area contributed by atoms with Crippen LogP contribution in [0.3, 0.4) is 0 Å². The molecule has 0 aliphatic carbocycles. The van der Waals surface area contributed by atoms with Crippen molar-refractivity contribution in [2.24, 2.45) is 0 Å². The fraction of sp³-hybridized carbons (Fsp3) is 0. The molecule has 112 valence electrons. The quantitative estimate of drug-likeness (QED) is 0.539. The molecule has 0 bridgehead atoms. The molecule has 0 aliphatic rings. The molecule has 0 spiro atoms. The number of rotatable bonds is 3. The van der Waals surface area contributed by atoms with E-state index in [1.54, 1.807) is 12.1 Å². The van der Waals surface area contributed by atoms with Crippen LogP contribution in [-0.2, 0) is 0 Å². The summed E-state index contributed by atoms with van der Waals surface area (Å²) in [6.45, 7) is 0. The molecule has 3 rings (SSSR count). The summed E-state index contributed by atoms with van der Waals surface area (Å²) in [5.74, 6) is 0. The van der Waals surface area contributed by atoms with Gasteiger partial charge in [0.25, 0.3) is 5.69 Å². The number of halogens is 1. The molecule has 0 atom stereocenters. The molecule has 0 unspecified atom stereocenters. The van der Waals surface area contributed by atoms with Crippen molar-refractivity contribution in [3.63, 3.8) is 0 Å².